The normalized spacial score (nSPS) is 11.2. The van der Waals surface area contributed by atoms with E-state index in [1.165, 1.54) is 27.7 Å². The van der Waals surface area contributed by atoms with E-state index in [0.29, 0.717) is 28.3 Å². The number of phenolic OH excluding ortho intramolecular Hbond substituents is 1. The van der Waals surface area contributed by atoms with Crippen LogP contribution in [0.25, 0.3) is 16.8 Å². The second-order valence-electron chi connectivity index (χ2n) is 7.74. The Hall–Kier alpha value is -4.46. The molecule has 4 rings (SSSR count). The molecular formula is C25H23N4O4+. The monoisotopic (exact) mass is 443 g/mol. The van der Waals surface area contributed by atoms with Crippen LogP contribution in [0.3, 0.4) is 0 Å². The second-order valence-corrected chi connectivity index (χ2v) is 7.74. The van der Waals surface area contributed by atoms with Crippen LogP contribution in [0.15, 0.2) is 65.5 Å². The SMILES string of the molecule is Cc1ccc(-n2nc(C)n(C=[NH+]c3cccc(-c4cccc(C(=O)O)c4)c3O)c2=O)cc1C. The van der Waals surface area contributed by atoms with Crippen LogP contribution >= 0.6 is 0 Å². The molecule has 4 aromatic rings. The summed E-state index contributed by atoms with van der Waals surface area (Å²) in [6.45, 7) is 5.69. The van der Waals surface area contributed by atoms with E-state index < -0.39 is 5.97 Å². The first kappa shape index (κ1) is 21.8. The summed E-state index contributed by atoms with van der Waals surface area (Å²) in [7, 11) is 0. The third kappa shape index (κ3) is 4.18. The van der Waals surface area contributed by atoms with Gasteiger partial charge < -0.3 is 10.2 Å². The van der Waals surface area contributed by atoms with Crippen molar-refractivity contribution >= 4 is 18.0 Å². The largest absolute Gasteiger partial charge is 0.503 e. The minimum absolute atomic E-state index is 0.0662. The Kier molecular flexibility index (Phi) is 5.66. The van der Waals surface area contributed by atoms with Crippen molar-refractivity contribution in [2.45, 2.75) is 20.8 Å². The van der Waals surface area contributed by atoms with E-state index in [2.05, 4.69) is 10.1 Å². The Balaban J connectivity index is 1.71. The van der Waals surface area contributed by atoms with Crippen LogP contribution in [0.5, 0.6) is 5.75 Å². The zero-order valence-corrected chi connectivity index (χ0v) is 18.4. The summed E-state index contributed by atoms with van der Waals surface area (Å²) < 4.78 is 2.68. The lowest BCUT2D eigenvalue weighted by molar-refractivity contribution is -0.351. The van der Waals surface area contributed by atoms with Crippen LogP contribution in [-0.4, -0.2) is 36.9 Å². The molecular weight excluding hydrogens is 420 g/mol. The fourth-order valence-electron chi connectivity index (χ4n) is 3.50. The zero-order valence-electron chi connectivity index (χ0n) is 18.4. The van der Waals surface area contributed by atoms with Gasteiger partial charge in [0.1, 0.15) is 0 Å². The highest BCUT2D eigenvalue weighted by Gasteiger charge is 2.17. The van der Waals surface area contributed by atoms with E-state index in [1.54, 1.807) is 37.3 Å². The zero-order chi connectivity index (χ0) is 23.7. The molecule has 0 saturated carbocycles. The van der Waals surface area contributed by atoms with Gasteiger partial charge in [-0.25, -0.2) is 14.6 Å². The van der Waals surface area contributed by atoms with E-state index in [1.807, 2.05) is 32.0 Å². The molecule has 0 amide bonds. The summed E-state index contributed by atoms with van der Waals surface area (Å²) >= 11 is 0. The van der Waals surface area contributed by atoms with Crippen molar-refractivity contribution in [3.63, 3.8) is 0 Å². The minimum atomic E-state index is -1.05. The number of benzene rings is 3. The van der Waals surface area contributed by atoms with Crippen LogP contribution < -0.4 is 10.7 Å². The number of aromatic carboxylic acids is 1. The van der Waals surface area contributed by atoms with Crippen LogP contribution in [0, 0.1) is 20.8 Å². The molecule has 1 heterocycles. The predicted molar refractivity (Wildman–Crippen MR) is 125 cm³/mol. The van der Waals surface area contributed by atoms with Crippen LogP contribution in [-0.2, 0) is 0 Å². The van der Waals surface area contributed by atoms with Gasteiger partial charge in [0.05, 0.1) is 11.3 Å². The molecule has 0 spiro atoms. The molecule has 1 aromatic heterocycles. The number of hydrogen-bond acceptors (Lipinski definition) is 4. The smallest absolute Gasteiger partial charge is 0.442 e. The number of carbonyl (C=O) groups is 1. The maximum absolute atomic E-state index is 13.0. The highest BCUT2D eigenvalue weighted by Crippen LogP contribution is 2.33. The molecule has 33 heavy (non-hydrogen) atoms. The summed E-state index contributed by atoms with van der Waals surface area (Å²) in [5.74, 6) is -0.645. The molecule has 0 bridgehead atoms. The summed E-state index contributed by atoms with van der Waals surface area (Å²) in [6.07, 6.45) is 1.44. The number of aryl methyl sites for hydroxylation is 3. The van der Waals surface area contributed by atoms with Crippen molar-refractivity contribution in [3.8, 4) is 22.6 Å². The van der Waals surface area contributed by atoms with Gasteiger partial charge in [-0.15, -0.1) is 9.67 Å². The number of aromatic hydroxyl groups is 1. The molecule has 0 fully saturated rings. The standard InChI is InChI=1S/C25H22N4O4/c1-15-10-11-20(12-16(15)2)29-25(33)28(17(3)27-29)14-26-22-9-5-8-21(23(22)30)18-6-4-7-19(13-18)24(31)32/h4-14,30H,1-3H3,(H,31,32)/p+1. The Morgan fingerprint density at radius 3 is 2.48 bits per heavy atom. The van der Waals surface area contributed by atoms with Crippen molar-refractivity contribution in [2.24, 2.45) is 0 Å². The lowest BCUT2D eigenvalue weighted by Crippen LogP contribution is -2.64. The van der Waals surface area contributed by atoms with E-state index >= 15 is 0 Å². The molecule has 0 aliphatic carbocycles. The lowest BCUT2D eigenvalue weighted by atomic mass is 10.0. The number of hydrogen-bond donors (Lipinski definition) is 3. The Morgan fingerprint density at radius 2 is 1.76 bits per heavy atom. The van der Waals surface area contributed by atoms with Crippen LogP contribution in [0.4, 0.5) is 5.69 Å². The molecule has 0 unspecified atom stereocenters. The lowest BCUT2D eigenvalue weighted by Gasteiger charge is -2.06. The molecule has 0 aliphatic heterocycles. The number of carboxylic acids is 1. The molecule has 3 aromatic carbocycles. The summed E-state index contributed by atoms with van der Waals surface area (Å²) in [4.78, 5) is 27.2. The average molecular weight is 443 g/mol. The number of nitrogens with one attached hydrogen (secondary N) is 1. The number of aromatic nitrogens is 3. The molecule has 166 valence electrons. The Bertz CT molecular complexity index is 1460. The first-order chi connectivity index (χ1) is 15.8. The van der Waals surface area contributed by atoms with Gasteiger partial charge in [0.25, 0.3) is 6.34 Å². The van der Waals surface area contributed by atoms with Crippen molar-refractivity contribution in [2.75, 3.05) is 0 Å². The maximum Gasteiger partial charge on any atom is 0.442 e. The van der Waals surface area contributed by atoms with Crippen LogP contribution in [0.1, 0.15) is 27.3 Å². The molecule has 0 aliphatic rings. The molecule has 0 radical (unpaired) electrons. The second kappa shape index (κ2) is 8.58. The van der Waals surface area contributed by atoms with Crippen molar-refractivity contribution < 1.29 is 20.0 Å². The molecule has 8 nitrogen and oxygen atoms in total. The summed E-state index contributed by atoms with van der Waals surface area (Å²) in [6, 6.07) is 17.1. The summed E-state index contributed by atoms with van der Waals surface area (Å²) in [5.41, 5.74) is 4.01. The van der Waals surface area contributed by atoms with E-state index in [4.69, 9.17) is 0 Å². The van der Waals surface area contributed by atoms with Gasteiger partial charge in [0.2, 0.25) is 5.82 Å². The maximum atomic E-state index is 13.0. The van der Waals surface area contributed by atoms with Gasteiger partial charge in [-0.05, 0) is 60.9 Å². The van der Waals surface area contributed by atoms with E-state index in [-0.39, 0.29) is 17.0 Å². The third-order valence-corrected chi connectivity index (χ3v) is 5.52. The number of nitrogens with zero attached hydrogens (tertiary/aromatic N) is 3. The minimum Gasteiger partial charge on any atom is -0.503 e. The topological polar surface area (TPSA) is 111 Å². The molecule has 0 atom stereocenters. The van der Waals surface area contributed by atoms with Gasteiger partial charge in [0, 0.05) is 12.5 Å². The fraction of sp³-hybridized carbons (Fsp3) is 0.120. The Morgan fingerprint density at radius 1 is 1.00 bits per heavy atom. The highest BCUT2D eigenvalue weighted by molar-refractivity contribution is 5.90. The van der Waals surface area contributed by atoms with Gasteiger partial charge in [-0.2, -0.15) is 4.68 Å². The number of carboxylic acid groups (broad SMARTS) is 1. The Labute approximate surface area is 189 Å². The molecule has 3 N–H and O–H groups in total. The fourth-order valence-corrected chi connectivity index (χ4v) is 3.50. The number of phenols is 1. The van der Waals surface area contributed by atoms with Gasteiger partial charge in [-0.3, -0.25) is 0 Å². The third-order valence-electron chi connectivity index (χ3n) is 5.52. The average Bonchev–Trinajstić information content (AvgIpc) is 3.08. The molecule has 0 saturated heterocycles. The predicted octanol–water partition coefficient (Wildman–Crippen LogP) is 2.32. The molecule has 8 heteroatoms. The first-order valence-corrected chi connectivity index (χ1v) is 10.3. The highest BCUT2D eigenvalue weighted by atomic mass is 16.4. The van der Waals surface area contributed by atoms with Gasteiger partial charge in [-0.1, -0.05) is 30.3 Å². The van der Waals surface area contributed by atoms with Crippen molar-refractivity contribution in [1.29, 1.82) is 0 Å². The quantitative estimate of drug-likeness (QED) is 0.249. The summed E-state index contributed by atoms with van der Waals surface area (Å²) in [5, 5.41) is 24.4. The van der Waals surface area contributed by atoms with Crippen molar-refractivity contribution in [1.82, 2.24) is 14.3 Å². The van der Waals surface area contributed by atoms with Gasteiger partial charge >= 0.3 is 11.7 Å². The van der Waals surface area contributed by atoms with Gasteiger partial charge in [0.15, 0.2) is 11.4 Å². The first-order valence-electron chi connectivity index (χ1n) is 10.3. The number of para-hydroxylation sites is 1. The van der Waals surface area contributed by atoms with E-state index in [0.717, 1.165) is 11.1 Å². The van der Waals surface area contributed by atoms with Crippen LogP contribution in [0.2, 0.25) is 0 Å². The number of rotatable bonds is 5. The van der Waals surface area contributed by atoms with Crippen molar-refractivity contribution in [3.05, 3.63) is 93.7 Å². The van der Waals surface area contributed by atoms with E-state index in [9.17, 15) is 19.8 Å².